The fourth-order valence-corrected chi connectivity index (χ4v) is 2.22. The van der Waals surface area contributed by atoms with Gasteiger partial charge < -0.3 is 15.0 Å². The highest BCUT2D eigenvalue weighted by Crippen LogP contribution is 2.22. The van der Waals surface area contributed by atoms with Crippen LogP contribution in [-0.4, -0.2) is 35.3 Å². The third-order valence-corrected chi connectivity index (χ3v) is 3.92. The second-order valence-electron chi connectivity index (χ2n) is 6.03. The molecule has 1 heterocycles. The number of carbonyl (C=O) groups excluding carboxylic acids is 2. The van der Waals surface area contributed by atoms with E-state index in [2.05, 4.69) is 16.9 Å². The highest BCUT2D eigenvalue weighted by molar-refractivity contribution is 5.90. The van der Waals surface area contributed by atoms with E-state index in [0.29, 0.717) is 18.2 Å². The second-order valence-corrected chi connectivity index (χ2v) is 6.03. The van der Waals surface area contributed by atoms with Gasteiger partial charge in [-0.15, -0.1) is 0 Å². The number of ether oxygens (including phenoxy) is 1. The van der Waals surface area contributed by atoms with Gasteiger partial charge in [0, 0.05) is 25.9 Å². The quantitative estimate of drug-likeness (QED) is 0.777. The molecule has 0 aliphatic carbocycles. The molecule has 1 aromatic heterocycles. The van der Waals surface area contributed by atoms with Crippen LogP contribution in [0, 0.1) is 13.8 Å². The van der Waals surface area contributed by atoms with Crippen molar-refractivity contribution in [3.63, 3.8) is 0 Å². The summed E-state index contributed by atoms with van der Waals surface area (Å²) < 4.78 is 5.78. The van der Waals surface area contributed by atoms with Crippen LogP contribution in [0.15, 0.2) is 49.2 Å². The van der Waals surface area contributed by atoms with Crippen molar-refractivity contribution in [3.8, 4) is 11.6 Å². The number of aryl methyl sites for hydroxylation is 2. The summed E-state index contributed by atoms with van der Waals surface area (Å²) in [5, 5.41) is 2.77. The Bertz CT molecular complexity index is 818. The summed E-state index contributed by atoms with van der Waals surface area (Å²) in [4.78, 5) is 28.8. The summed E-state index contributed by atoms with van der Waals surface area (Å²) in [6.45, 7) is 7.75. The van der Waals surface area contributed by atoms with Crippen LogP contribution >= 0.6 is 0 Å². The average molecular weight is 353 g/mol. The Labute approximate surface area is 153 Å². The average Bonchev–Trinajstić information content (AvgIpc) is 2.62. The zero-order valence-corrected chi connectivity index (χ0v) is 15.3. The maximum atomic E-state index is 11.9. The van der Waals surface area contributed by atoms with Crippen LogP contribution in [0.3, 0.4) is 0 Å². The van der Waals surface area contributed by atoms with Crippen LogP contribution in [0.2, 0.25) is 0 Å². The molecule has 6 heteroatoms. The van der Waals surface area contributed by atoms with Gasteiger partial charge in [-0.05, 0) is 54.8 Å². The number of hydrogen-bond acceptors (Lipinski definition) is 4. The van der Waals surface area contributed by atoms with Gasteiger partial charge in [0.1, 0.15) is 5.75 Å². The molecule has 0 spiro atoms. The lowest BCUT2D eigenvalue weighted by Gasteiger charge is -2.14. The van der Waals surface area contributed by atoms with E-state index < -0.39 is 0 Å². The van der Waals surface area contributed by atoms with E-state index in [1.54, 1.807) is 25.4 Å². The number of carbonyl (C=O) groups is 2. The molecule has 0 fully saturated rings. The molecule has 1 aromatic carbocycles. The first-order chi connectivity index (χ1) is 12.4. The number of likely N-dealkylation sites (N-methyl/N-ethyl adjacent to an activating group) is 1. The maximum absolute atomic E-state index is 11.9. The molecule has 0 bridgehead atoms. The van der Waals surface area contributed by atoms with Crippen molar-refractivity contribution in [2.45, 2.75) is 20.4 Å². The lowest BCUT2D eigenvalue weighted by atomic mass is 10.1. The van der Waals surface area contributed by atoms with Crippen LogP contribution in [0.4, 0.5) is 0 Å². The second kappa shape index (κ2) is 8.80. The van der Waals surface area contributed by atoms with Gasteiger partial charge in [-0.1, -0.05) is 12.6 Å². The molecule has 6 nitrogen and oxygen atoms in total. The molecule has 0 unspecified atom stereocenters. The molecule has 136 valence electrons. The Hall–Kier alpha value is -3.15. The van der Waals surface area contributed by atoms with Gasteiger partial charge in [0.15, 0.2) is 0 Å². The molecule has 0 atom stereocenters. The number of amides is 2. The van der Waals surface area contributed by atoms with Crippen molar-refractivity contribution in [3.05, 3.63) is 65.9 Å². The van der Waals surface area contributed by atoms with Crippen LogP contribution < -0.4 is 10.1 Å². The Morgan fingerprint density at radius 1 is 1.23 bits per heavy atom. The maximum Gasteiger partial charge on any atom is 0.246 e. The SMILES string of the molecule is C=CC(=O)N(C)CC(=O)NCc1ccnc(Oc2ccc(C)c(C)c2)c1. The molecule has 2 aromatic rings. The van der Waals surface area contributed by atoms with Crippen molar-refractivity contribution in [2.75, 3.05) is 13.6 Å². The predicted molar refractivity (Wildman–Crippen MR) is 99.9 cm³/mol. The predicted octanol–water partition coefficient (Wildman–Crippen LogP) is 2.75. The van der Waals surface area contributed by atoms with E-state index >= 15 is 0 Å². The van der Waals surface area contributed by atoms with Gasteiger partial charge in [-0.25, -0.2) is 4.98 Å². The monoisotopic (exact) mass is 353 g/mol. The number of rotatable bonds is 7. The highest BCUT2D eigenvalue weighted by Gasteiger charge is 2.10. The van der Waals surface area contributed by atoms with E-state index in [1.165, 1.54) is 16.5 Å². The summed E-state index contributed by atoms with van der Waals surface area (Å²) in [7, 11) is 1.55. The molecule has 26 heavy (non-hydrogen) atoms. The molecule has 0 radical (unpaired) electrons. The number of aromatic nitrogens is 1. The summed E-state index contributed by atoms with van der Waals surface area (Å²) in [6.07, 6.45) is 2.80. The third kappa shape index (κ3) is 5.44. The molecular formula is C20H23N3O3. The van der Waals surface area contributed by atoms with Gasteiger partial charge in [0.05, 0.1) is 6.54 Å². The minimum atomic E-state index is -0.298. The van der Waals surface area contributed by atoms with Crippen LogP contribution in [0.5, 0.6) is 11.6 Å². The number of hydrogen-bond donors (Lipinski definition) is 1. The molecule has 0 saturated carbocycles. The Kier molecular flexibility index (Phi) is 6.49. The first-order valence-corrected chi connectivity index (χ1v) is 8.23. The number of nitrogens with zero attached hydrogens (tertiary/aromatic N) is 2. The lowest BCUT2D eigenvalue weighted by Crippen LogP contribution is -2.37. The van der Waals surface area contributed by atoms with Crippen molar-refractivity contribution in [1.29, 1.82) is 0 Å². The Morgan fingerprint density at radius 3 is 2.69 bits per heavy atom. The summed E-state index contributed by atoms with van der Waals surface area (Å²) in [6, 6.07) is 9.42. The zero-order valence-electron chi connectivity index (χ0n) is 15.3. The molecule has 1 N–H and O–H groups in total. The molecule has 0 aliphatic rings. The minimum absolute atomic E-state index is 0.0259. The van der Waals surface area contributed by atoms with E-state index in [9.17, 15) is 9.59 Å². The van der Waals surface area contributed by atoms with Crippen molar-refractivity contribution >= 4 is 11.8 Å². The molecular weight excluding hydrogens is 330 g/mol. The van der Waals surface area contributed by atoms with E-state index in [-0.39, 0.29) is 18.4 Å². The van der Waals surface area contributed by atoms with E-state index in [1.807, 2.05) is 32.0 Å². The topological polar surface area (TPSA) is 71.5 Å². The van der Waals surface area contributed by atoms with Gasteiger partial charge in [-0.3, -0.25) is 9.59 Å². The molecule has 2 rings (SSSR count). The van der Waals surface area contributed by atoms with Crippen LogP contribution in [-0.2, 0) is 16.1 Å². The minimum Gasteiger partial charge on any atom is -0.439 e. The molecule has 0 aliphatic heterocycles. The van der Waals surface area contributed by atoms with Crippen molar-refractivity contribution in [1.82, 2.24) is 15.2 Å². The van der Waals surface area contributed by atoms with Crippen molar-refractivity contribution < 1.29 is 14.3 Å². The van der Waals surface area contributed by atoms with Gasteiger partial charge in [0.25, 0.3) is 0 Å². The highest BCUT2D eigenvalue weighted by atomic mass is 16.5. The standard InChI is InChI=1S/C20H23N3O3/c1-5-20(25)23(4)13-18(24)22-12-16-8-9-21-19(11-16)26-17-7-6-14(2)15(3)10-17/h5-11H,1,12-13H2,2-4H3,(H,22,24). The molecule has 2 amide bonds. The largest absolute Gasteiger partial charge is 0.439 e. The lowest BCUT2D eigenvalue weighted by molar-refractivity contribution is -0.131. The Morgan fingerprint density at radius 2 is 2.00 bits per heavy atom. The van der Waals surface area contributed by atoms with Crippen molar-refractivity contribution in [2.24, 2.45) is 0 Å². The van der Waals surface area contributed by atoms with Gasteiger partial charge in [0.2, 0.25) is 17.7 Å². The van der Waals surface area contributed by atoms with Gasteiger partial charge >= 0.3 is 0 Å². The van der Waals surface area contributed by atoms with Crippen LogP contribution in [0.25, 0.3) is 0 Å². The fraction of sp³-hybridized carbons (Fsp3) is 0.250. The summed E-state index contributed by atoms with van der Waals surface area (Å²) >= 11 is 0. The van der Waals surface area contributed by atoms with Gasteiger partial charge in [-0.2, -0.15) is 0 Å². The fourth-order valence-electron chi connectivity index (χ4n) is 2.22. The summed E-state index contributed by atoms with van der Waals surface area (Å²) in [5.74, 6) is 0.620. The number of nitrogens with one attached hydrogen (secondary N) is 1. The summed E-state index contributed by atoms with van der Waals surface area (Å²) in [5.41, 5.74) is 3.19. The first kappa shape index (κ1) is 19.2. The molecule has 0 saturated heterocycles. The zero-order chi connectivity index (χ0) is 19.1. The van der Waals surface area contributed by atoms with Crippen LogP contribution in [0.1, 0.15) is 16.7 Å². The number of pyridine rings is 1. The normalized spacial score (nSPS) is 10.1. The third-order valence-electron chi connectivity index (χ3n) is 3.92. The van der Waals surface area contributed by atoms with E-state index in [0.717, 1.165) is 11.1 Å². The first-order valence-electron chi connectivity index (χ1n) is 8.23. The Balaban J connectivity index is 1.94. The number of benzene rings is 1. The smallest absolute Gasteiger partial charge is 0.246 e. The van der Waals surface area contributed by atoms with E-state index in [4.69, 9.17) is 4.74 Å².